The molecule has 0 aliphatic carbocycles. The molecular weight excluding hydrogens is 572 g/mol. The van der Waals surface area contributed by atoms with Gasteiger partial charge in [-0.3, -0.25) is 20.2 Å². The lowest BCUT2D eigenvalue weighted by Crippen LogP contribution is -2.00. The summed E-state index contributed by atoms with van der Waals surface area (Å²) in [5.74, 6) is -2.86. The Kier molecular flexibility index (Phi) is 7.54. The zero-order valence-electron chi connectivity index (χ0n) is 18.5. The standard InChI is InChI=1S/C18H12N6O13S2/c25-14-7-15(26)12(21-22-13-3-9(24(30)31)5-17(18(13)27)39(35,36)37)6-11(14)20-19-10-2-1-8(23(28)29)4-16(10)38(32,33)34/h1-7,25-27H,(H,32,33,34)(H,35,36,37)/p-2. The van der Waals surface area contributed by atoms with Crippen LogP contribution in [-0.4, -0.2) is 51.1 Å². The number of benzene rings is 3. The number of rotatable bonds is 8. The van der Waals surface area contributed by atoms with Gasteiger partial charge in [0.25, 0.3) is 11.4 Å². The Labute approximate surface area is 215 Å². The molecule has 0 atom stereocenters. The van der Waals surface area contributed by atoms with Crippen LogP contribution in [0, 0.1) is 20.2 Å². The van der Waals surface area contributed by atoms with Gasteiger partial charge < -0.3 is 24.4 Å². The number of phenols is 3. The van der Waals surface area contributed by atoms with Crippen molar-refractivity contribution in [1.29, 1.82) is 0 Å². The molecule has 0 radical (unpaired) electrons. The maximum atomic E-state index is 11.5. The second kappa shape index (κ2) is 10.3. The Morgan fingerprint density at radius 1 is 0.590 bits per heavy atom. The third kappa shape index (κ3) is 6.42. The van der Waals surface area contributed by atoms with Gasteiger partial charge in [0.1, 0.15) is 59.4 Å². The summed E-state index contributed by atoms with van der Waals surface area (Å²) in [4.78, 5) is 17.4. The highest BCUT2D eigenvalue weighted by molar-refractivity contribution is 7.86. The molecule has 0 amide bonds. The zero-order chi connectivity index (χ0) is 29.3. The topological polar surface area (TPSA) is 311 Å². The summed E-state index contributed by atoms with van der Waals surface area (Å²) in [5.41, 5.74) is -4.33. The van der Waals surface area contributed by atoms with Gasteiger partial charge in [-0.25, -0.2) is 16.8 Å². The SMILES string of the molecule is O=[N+]([O-])c1ccc(N=Nc2cc(N=Nc3cc([N+](=O)[O-])cc(S(=O)(=O)[O-])c3O)c(O)cc2O)c(S(=O)(=O)[O-])c1. The first kappa shape index (κ1) is 28.5. The number of hydrogen-bond donors (Lipinski definition) is 3. The van der Waals surface area contributed by atoms with Gasteiger partial charge in [0, 0.05) is 36.4 Å². The predicted octanol–water partition coefficient (Wildman–Crippen LogP) is 3.26. The van der Waals surface area contributed by atoms with E-state index in [1.165, 1.54) is 0 Å². The highest BCUT2D eigenvalue weighted by Crippen LogP contribution is 2.42. The van der Waals surface area contributed by atoms with Crippen LogP contribution in [0.4, 0.5) is 34.1 Å². The van der Waals surface area contributed by atoms with Crippen molar-refractivity contribution in [3.63, 3.8) is 0 Å². The highest BCUT2D eigenvalue weighted by Gasteiger charge is 2.21. The van der Waals surface area contributed by atoms with E-state index in [0.29, 0.717) is 24.3 Å². The molecule has 0 aliphatic rings. The summed E-state index contributed by atoms with van der Waals surface area (Å²) in [7, 11) is -10.7. The van der Waals surface area contributed by atoms with Crippen molar-refractivity contribution in [1.82, 2.24) is 0 Å². The van der Waals surface area contributed by atoms with Gasteiger partial charge in [0.15, 0.2) is 5.75 Å². The minimum atomic E-state index is -5.39. The number of aromatic hydroxyl groups is 3. The molecule has 204 valence electrons. The number of nitro benzene ring substituents is 2. The van der Waals surface area contributed by atoms with Crippen LogP contribution in [0.3, 0.4) is 0 Å². The first-order chi connectivity index (χ1) is 18.0. The van der Waals surface area contributed by atoms with Crippen molar-refractivity contribution in [2.24, 2.45) is 20.5 Å². The van der Waals surface area contributed by atoms with Gasteiger partial charge in [-0.2, -0.15) is 0 Å². The first-order valence-corrected chi connectivity index (χ1v) is 12.4. The van der Waals surface area contributed by atoms with Crippen LogP contribution < -0.4 is 0 Å². The van der Waals surface area contributed by atoms with Crippen LogP contribution in [0.1, 0.15) is 0 Å². The van der Waals surface area contributed by atoms with Gasteiger partial charge in [0.2, 0.25) is 0 Å². The molecule has 0 aromatic heterocycles. The molecule has 0 saturated heterocycles. The number of hydrogen-bond acceptors (Lipinski definition) is 17. The molecule has 0 heterocycles. The molecule has 3 N–H and O–H groups in total. The van der Waals surface area contributed by atoms with E-state index >= 15 is 0 Å². The molecule has 0 fully saturated rings. The smallest absolute Gasteiger partial charge is 0.273 e. The Balaban J connectivity index is 2.08. The number of nitrogens with zero attached hydrogens (tertiary/aromatic N) is 6. The molecule has 0 saturated carbocycles. The summed E-state index contributed by atoms with van der Waals surface area (Å²) < 4.78 is 68.5. The summed E-state index contributed by atoms with van der Waals surface area (Å²) in [6.07, 6.45) is 0. The lowest BCUT2D eigenvalue weighted by molar-refractivity contribution is -0.385. The lowest BCUT2D eigenvalue weighted by atomic mass is 10.2. The monoisotopic (exact) mass is 582 g/mol. The molecule has 0 aliphatic heterocycles. The zero-order valence-corrected chi connectivity index (χ0v) is 20.1. The minimum absolute atomic E-state index is 0.293. The van der Waals surface area contributed by atoms with Gasteiger partial charge in [-0.1, -0.05) is 0 Å². The van der Waals surface area contributed by atoms with Gasteiger partial charge >= 0.3 is 0 Å². The fourth-order valence-corrected chi connectivity index (χ4v) is 4.02. The van der Waals surface area contributed by atoms with Gasteiger partial charge in [-0.05, 0) is 6.07 Å². The van der Waals surface area contributed by atoms with Crippen LogP contribution in [0.15, 0.2) is 72.7 Å². The summed E-state index contributed by atoms with van der Waals surface area (Å²) in [6, 6.07) is 4.32. The molecule has 39 heavy (non-hydrogen) atoms. The second-order valence-corrected chi connectivity index (χ2v) is 9.81. The van der Waals surface area contributed by atoms with E-state index in [2.05, 4.69) is 20.5 Å². The number of phenolic OH excluding ortho intramolecular Hbond substituents is 3. The van der Waals surface area contributed by atoms with Crippen LogP contribution in [0.2, 0.25) is 0 Å². The van der Waals surface area contributed by atoms with E-state index in [0.717, 1.165) is 18.2 Å². The van der Waals surface area contributed by atoms with Crippen molar-refractivity contribution in [3.8, 4) is 17.2 Å². The third-order valence-corrected chi connectivity index (χ3v) is 6.26. The average Bonchev–Trinajstić information content (AvgIpc) is 2.82. The second-order valence-electron chi connectivity index (χ2n) is 7.12. The first-order valence-electron chi connectivity index (χ1n) is 9.60. The quantitative estimate of drug-likeness (QED) is 0.149. The maximum absolute atomic E-state index is 11.5. The van der Waals surface area contributed by atoms with Crippen molar-refractivity contribution in [3.05, 3.63) is 62.7 Å². The van der Waals surface area contributed by atoms with Crippen LogP contribution in [0.5, 0.6) is 17.2 Å². The predicted molar refractivity (Wildman–Crippen MR) is 122 cm³/mol. The van der Waals surface area contributed by atoms with Crippen molar-refractivity contribution < 1.29 is 51.1 Å². The Morgan fingerprint density at radius 2 is 1.05 bits per heavy atom. The molecule has 0 unspecified atom stereocenters. The molecule has 3 aromatic carbocycles. The van der Waals surface area contributed by atoms with E-state index in [1.54, 1.807) is 0 Å². The van der Waals surface area contributed by atoms with E-state index < -0.39 is 91.2 Å². The molecular formula is C18H10N6O13S2-2. The third-order valence-electron chi connectivity index (χ3n) is 4.55. The number of azo groups is 2. The Bertz CT molecular complexity index is 1800. The Morgan fingerprint density at radius 3 is 1.54 bits per heavy atom. The minimum Gasteiger partial charge on any atom is -0.744 e. The number of nitro groups is 2. The van der Waals surface area contributed by atoms with Crippen LogP contribution >= 0.6 is 0 Å². The van der Waals surface area contributed by atoms with Crippen molar-refractivity contribution in [2.75, 3.05) is 0 Å². The highest BCUT2D eigenvalue weighted by atomic mass is 32.2. The summed E-state index contributed by atoms with van der Waals surface area (Å²) >= 11 is 0. The van der Waals surface area contributed by atoms with E-state index in [1.807, 2.05) is 0 Å². The van der Waals surface area contributed by atoms with Gasteiger partial charge in [0.05, 0.1) is 14.7 Å². The summed E-state index contributed by atoms with van der Waals surface area (Å²) in [6.45, 7) is 0. The van der Waals surface area contributed by atoms with E-state index in [-0.39, 0.29) is 0 Å². The molecule has 21 heteroatoms. The average molecular weight is 582 g/mol. The largest absolute Gasteiger partial charge is 0.744 e. The maximum Gasteiger partial charge on any atom is 0.273 e. The molecule has 3 aromatic rings. The van der Waals surface area contributed by atoms with E-state index in [4.69, 9.17) is 0 Å². The normalized spacial score (nSPS) is 12.3. The molecule has 19 nitrogen and oxygen atoms in total. The molecule has 0 bridgehead atoms. The van der Waals surface area contributed by atoms with E-state index in [9.17, 15) is 61.5 Å². The van der Waals surface area contributed by atoms with Crippen LogP contribution in [-0.2, 0) is 20.2 Å². The van der Waals surface area contributed by atoms with Crippen LogP contribution in [0.25, 0.3) is 0 Å². The Hall–Kier alpha value is -5.12. The fraction of sp³-hybridized carbons (Fsp3) is 0. The molecule has 0 spiro atoms. The van der Waals surface area contributed by atoms with Crippen molar-refractivity contribution >= 4 is 54.4 Å². The molecule has 3 rings (SSSR count). The van der Waals surface area contributed by atoms with Gasteiger partial charge in [-0.15, -0.1) is 20.5 Å². The fourth-order valence-electron chi connectivity index (χ4n) is 2.78. The van der Waals surface area contributed by atoms with Crippen molar-refractivity contribution in [2.45, 2.75) is 9.79 Å². The summed E-state index contributed by atoms with van der Waals surface area (Å²) in [5, 5.41) is 65.8. The lowest BCUT2D eigenvalue weighted by Gasteiger charge is -2.10. The number of non-ortho nitro benzene ring substituents is 2.